The standard InChI is InChI=1S/C17H18N2O3/c1-21-13-7-8-16(22-2)14(11-13)18-17(20)19-10-9-12-5-3-4-6-15(12)19/h3-8,11H,9-10H2,1-2H3,(H,18,20). The van der Waals surface area contributed by atoms with Crippen molar-refractivity contribution in [3.8, 4) is 11.5 Å². The minimum atomic E-state index is -0.170. The van der Waals surface area contributed by atoms with Gasteiger partial charge in [-0.3, -0.25) is 4.90 Å². The predicted molar refractivity (Wildman–Crippen MR) is 86.1 cm³/mol. The minimum Gasteiger partial charge on any atom is -0.497 e. The largest absolute Gasteiger partial charge is 0.497 e. The molecule has 0 saturated carbocycles. The van der Waals surface area contributed by atoms with Crippen molar-refractivity contribution in [3.63, 3.8) is 0 Å². The monoisotopic (exact) mass is 298 g/mol. The molecule has 0 unspecified atom stereocenters. The van der Waals surface area contributed by atoms with Gasteiger partial charge in [0.1, 0.15) is 11.5 Å². The fourth-order valence-electron chi connectivity index (χ4n) is 2.64. The number of nitrogens with one attached hydrogen (secondary N) is 1. The van der Waals surface area contributed by atoms with Crippen LogP contribution in [0.15, 0.2) is 42.5 Å². The zero-order valence-electron chi connectivity index (χ0n) is 12.6. The van der Waals surface area contributed by atoms with Gasteiger partial charge in [0, 0.05) is 18.3 Å². The van der Waals surface area contributed by atoms with Gasteiger partial charge in [-0.05, 0) is 30.2 Å². The summed E-state index contributed by atoms with van der Waals surface area (Å²) in [4.78, 5) is 14.3. The first-order valence-electron chi connectivity index (χ1n) is 7.11. The predicted octanol–water partition coefficient (Wildman–Crippen LogP) is 3.30. The summed E-state index contributed by atoms with van der Waals surface area (Å²) in [5.74, 6) is 1.26. The van der Waals surface area contributed by atoms with Gasteiger partial charge in [0.2, 0.25) is 0 Å². The molecule has 1 aliphatic heterocycles. The molecule has 0 spiro atoms. The van der Waals surface area contributed by atoms with Gasteiger partial charge in [0.25, 0.3) is 0 Å². The van der Waals surface area contributed by atoms with E-state index in [-0.39, 0.29) is 6.03 Å². The number of hydrogen-bond donors (Lipinski definition) is 1. The lowest BCUT2D eigenvalue weighted by atomic mass is 10.2. The number of carbonyl (C=O) groups is 1. The fraction of sp³-hybridized carbons (Fsp3) is 0.235. The number of nitrogens with zero attached hydrogens (tertiary/aromatic N) is 1. The summed E-state index contributed by atoms with van der Waals surface area (Å²) in [6, 6.07) is 13.1. The van der Waals surface area contributed by atoms with Crippen LogP contribution in [0, 0.1) is 0 Å². The molecule has 1 aliphatic rings. The third-order valence-electron chi connectivity index (χ3n) is 3.78. The van der Waals surface area contributed by atoms with E-state index >= 15 is 0 Å². The van der Waals surface area contributed by atoms with Crippen LogP contribution in [0.2, 0.25) is 0 Å². The van der Waals surface area contributed by atoms with E-state index in [1.165, 1.54) is 5.56 Å². The number of hydrogen-bond acceptors (Lipinski definition) is 3. The van der Waals surface area contributed by atoms with E-state index < -0.39 is 0 Å². The highest BCUT2D eigenvalue weighted by Crippen LogP contribution is 2.31. The van der Waals surface area contributed by atoms with Crippen molar-refractivity contribution in [2.45, 2.75) is 6.42 Å². The molecule has 0 atom stereocenters. The summed E-state index contributed by atoms with van der Waals surface area (Å²) in [6.07, 6.45) is 0.874. The molecule has 3 rings (SSSR count). The van der Waals surface area contributed by atoms with Gasteiger partial charge < -0.3 is 14.8 Å². The summed E-state index contributed by atoms with van der Waals surface area (Å²) in [5, 5.41) is 2.90. The number of fused-ring (bicyclic) bond motifs is 1. The number of benzene rings is 2. The Morgan fingerprint density at radius 3 is 2.73 bits per heavy atom. The molecule has 2 amide bonds. The maximum Gasteiger partial charge on any atom is 0.326 e. The van der Waals surface area contributed by atoms with Gasteiger partial charge in [0.05, 0.1) is 19.9 Å². The number of urea groups is 1. The molecule has 0 fully saturated rings. The number of carbonyl (C=O) groups excluding carboxylic acids is 1. The van der Waals surface area contributed by atoms with Crippen LogP contribution in [0.1, 0.15) is 5.56 Å². The van der Waals surface area contributed by atoms with Crippen LogP contribution in [-0.2, 0) is 6.42 Å². The van der Waals surface area contributed by atoms with Crippen LogP contribution < -0.4 is 19.7 Å². The Kier molecular flexibility index (Phi) is 3.87. The summed E-state index contributed by atoms with van der Waals surface area (Å²) in [5.41, 5.74) is 2.74. The number of rotatable bonds is 3. The topological polar surface area (TPSA) is 50.8 Å². The van der Waals surface area contributed by atoms with E-state index in [9.17, 15) is 4.79 Å². The van der Waals surface area contributed by atoms with Crippen molar-refractivity contribution in [3.05, 3.63) is 48.0 Å². The Labute approximate surface area is 129 Å². The molecule has 1 N–H and O–H groups in total. The van der Waals surface area contributed by atoms with Crippen LogP contribution in [0.5, 0.6) is 11.5 Å². The maximum atomic E-state index is 12.6. The second kappa shape index (κ2) is 5.97. The molecule has 0 radical (unpaired) electrons. The molecule has 2 aromatic carbocycles. The molecule has 5 heteroatoms. The average molecular weight is 298 g/mol. The summed E-state index contributed by atoms with van der Waals surface area (Å²) in [7, 11) is 3.16. The fourth-order valence-corrected chi connectivity index (χ4v) is 2.64. The molecule has 0 saturated heterocycles. The highest BCUT2D eigenvalue weighted by molar-refractivity contribution is 6.04. The maximum absolute atomic E-state index is 12.6. The van der Waals surface area contributed by atoms with Crippen molar-refractivity contribution >= 4 is 17.4 Å². The molecule has 114 valence electrons. The van der Waals surface area contributed by atoms with Crippen LogP contribution >= 0.6 is 0 Å². The van der Waals surface area contributed by atoms with E-state index in [1.807, 2.05) is 18.2 Å². The van der Waals surface area contributed by atoms with Crippen molar-refractivity contribution < 1.29 is 14.3 Å². The highest BCUT2D eigenvalue weighted by Gasteiger charge is 2.24. The third kappa shape index (κ3) is 2.57. The molecule has 1 heterocycles. The van der Waals surface area contributed by atoms with Gasteiger partial charge in [-0.15, -0.1) is 0 Å². The van der Waals surface area contributed by atoms with E-state index in [0.717, 1.165) is 12.1 Å². The van der Waals surface area contributed by atoms with Crippen molar-refractivity contribution in [1.29, 1.82) is 0 Å². The Balaban J connectivity index is 1.83. The molecule has 0 aromatic heterocycles. The summed E-state index contributed by atoms with van der Waals surface area (Å²) in [6.45, 7) is 0.678. The molecular weight excluding hydrogens is 280 g/mol. The number of para-hydroxylation sites is 1. The number of methoxy groups -OCH3 is 2. The molecule has 2 aromatic rings. The molecule has 22 heavy (non-hydrogen) atoms. The Bertz CT molecular complexity index is 700. The van der Waals surface area contributed by atoms with Gasteiger partial charge >= 0.3 is 6.03 Å². The minimum absolute atomic E-state index is 0.170. The van der Waals surface area contributed by atoms with Gasteiger partial charge in [-0.25, -0.2) is 4.79 Å². The van der Waals surface area contributed by atoms with Crippen molar-refractivity contribution in [2.75, 3.05) is 31.0 Å². The van der Waals surface area contributed by atoms with E-state index in [4.69, 9.17) is 9.47 Å². The van der Waals surface area contributed by atoms with Crippen molar-refractivity contribution in [2.24, 2.45) is 0 Å². The summed E-state index contributed by atoms with van der Waals surface area (Å²) < 4.78 is 10.5. The molecule has 0 bridgehead atoms. The van der Waals surface area contributed by atoms with E-state index in [0.29, 0.717) is 23.7 Å². The van der Waals surface area contributed by atoms with Crippen LogP contribution in [0.25, 0.3) is 0 Å². The molecule has 5 nitrogen and oxygen atoms in total. The number of ether oxygens (including phenoxy) is 2. The Morgan fingerprint density at radius 1 is 1.14 bits per heavy atom. The van der Waals surface area contributed by atoms with Crippen LogP contribution in [-0.4, -0.2) is 26.8 Å². The number of amides is 2. The quantitative estimate of drug-likeness (QED) is 0.946. The Hall–Kier alpha value is -2.69. The summed E-state index contributed by atoms with van der Waals surface area (Å²) >= 11 is 0. The first kappa shape index (κ1) is 14.3. The SMILES string of the molecule is COc1ccc(OC)c(NC(=O)N2CCc3ccccc32)c1. The normalized spacial score (nSPS) is 12.7. The third-order valence-corrected chi connectivity index (χ3v) is 3.78. The first-order valence-corrected chi connectivity index (χ1v) is 7.11. The molecule has 0 aliphatic carbocycles. The van der Waals surface area contributed by atoms with Crippen LogP contribution in [0.3, 0.4) is 0 Å². The average Bonchev–Trinajstić information content (AvgIpc) is 2.99. The molecular formula is C17H18N2O3. The first-order chi connectivity index (χ1) is 10.7. The van der Waals surface area contributed by atoms with Crippen LogP contribution in [0.4, 0.5) is 16.2 Å². The van der Waals surface area contributed by atoms with Gasteiger partial charge in [0.15, 0.2) is 0 Å². The lowest BCUT2D eigenvalue weighted by Gasteiger charge is -2.19. The highest BCUT2D eigenvalue weighted by atomic mass is 16.5. The van der Waals surface area contributed by atoms with Gasteiger partial charge in [-0.1, -0.05) is 18.2 Å². The second-order valence-electron chi connectivity index (χ2n) is 5.03. The zero-order chi connectivity index (χ0) is 15.5. The van der Waals surface area contributed by atoms with E-state index in [1.54, 1.807) is 37.3 Å². The lowest BCUT2D eigenvalue weighted by molar-refractivity contribution is 0.257. The second-order valence-corrected chi connectivity index (χ2v) is 5.03. The zero-order valence-corrected chi connectivity index (χ0v) is 12.6. The van der Waals surface area contributed by atoms with Crippen molar-refractivity contribution in [1.82, 2.24) is 0 Å². The number of anilines is 2. The van der Waals surface area contributed by atoms with E-state index in [2.05, 4.69) is 11.4 Å². The Morgan fingerprint density at radius 2 is 1.95 bits per heavy atom. The lowest BCUT2D eigenvalue weighted by Crippen LogP contribution is -2.33. The smallest absolute Gasteiger partial charge is 0.326 e. The van der Waals surface area contributed by atoms with Gasteiger partial charge in [-0.2, -0.15) is 0 Å².